The van der Waals surface area contributed by atoms with Crippen LogP contribution in [0.5, 0.6) is 5.75 Å². The highest BCUT2D eigenvalue weighted by Gasteiger charge is 2.16. The van der Waals surface area contributed by atoms with Crippen LogP contribution in [0.15, 0.2) is 48.5 Å². The van der Waals surface area contributed by atoms with Crippen molar-refractivity contribution >= 4 is 11.4 Å². The molecule has 0 radical (unpaired) electrons. The first kappa shape index (κ1) is 17.0. The number of benzene rings is 2. The topological polar surface area (TPSA) is 64.9 Å². The minimum absolute atomic E-state index is 0.275. The number of nitrogens with one attached hydrogen (secondary N) is 1. The third-order valence-electron chi connectivity index (χ3n) is 3.48. The molecule has 0 aliphatic heterocycles. The van der Waals surface area contributed by atoms with Gasteiger partial charge in [0.1, 0.15) is 11.4 Å². The molecule has 6 heteroatoms. The summed E-state index contributed by atoms with van der Waals surface area (Å²) in [6.45, 7) is 8.76. The number of aryl methyl sites for hydroxylation is 1. The number of anilines is 2. The average molecular weight is 337 g/mol. The largest absolute Gasteiger partial charge is 0.486 e. The van der Waals surface area contributed by atoms with Gasteiger partial charge in [-0.1, -0.05) is 24.3 Å². The summed E-state index contributed by atoms with van der Waals surface area (Å²) in [7, 11) is 0. The molecule has 0 amide bonds. The number of aromatic nitrogens is 4. The van der Waals surface area contributed by atoms with Crippen molar-refractivity contribution in [2.75, 3.05) is 5.32 Å². The van der Waals surface area contributed by atoms with E-state index in [9.17, 15) is 0 Å². The molecular weight excluding hydrogens is 314 g/mol. The molecule has 3 rings (SSSR count). The molecule has 0 fully saturated rings. The zero-order valence-corrected chi connectivity index (χ0v) is 15.0. The van der Waals surface area contributed by atoms with E-state index in [-0.39, 0.29) is 5.60 Å². The van der Waals surface area contributed by atoms with Crippen LogP contribution in [-0.4, -0.2) is 25.8 Å². The highest BCUT2D eigenvalue weighted by Crippen LogP contribution is 2.33. The Morgan fingerprint density at radius 2 is 1.68 bits per heavy atom. The van der Waals surface area contributed by atoms with Gasteiger partial charge in [0.05, 0.1) is 12.2 Å². The molecule has 130 valence electrons. The summed E-state index contributed by atoms with van der Waals surface area (Å²) in [5, 5.41) is 16.1. The molecule has 2 aromatic carbocycles. The van der Waals surface area contributed by atoms with E-state index in [4.69, 9.17) is 4.74 Å². The molecule has 3 aromatic rings. The number of rotatable bonds is 5. The van der Waals surface area contributed by atoms with E-state index in [0.29, 0.717) is 12.4 Å². The first-order valence-corrected chi connectivity index (χ1v) is 8.38. The average Bonchev–Trinajstić information content (AvgIpc) is 3.05. The van der Waals surface area contributed by atoms with Crippen molar-refractivity contribution in [1.29, 1.82) is 0 Å². The second-order valence-corrected chi connectivity index (χ2v) is 6.68. The Morgan fingerprint density at radius 1 is 1.00 bits per heavy atom. The van der Waals surface area contributed by atoms with Crippen molar-refractivity contribution in [3.8, 4) is 17.1 Å². The molecule has 0 saturated carbocycles. The van der Waals surface area contributed by atoms with Gasteiger partial charge in [0.2, 0.25) is 5.82 Å². The Morgan fingerprint density at radius 3 is 2.36 bits per heavy atom. The molecule has 0 saturated heterocycles. The Labute approximate surface area is 147 Å². The number of ether oxygens (including phenoxy) is 1. The summed E-state index contributed by atoms with van der Waals surface area (Å²) >= 11 is 0. The SMILES string of the molecule is CCn1nnc(-c2ccccc2Nc2ccccc2OC(C)(C)C)n1. The van der Waals surface area contributed by atoms with Crippen molar-refractivity contribution < 1.29 is 4.74 Å². The van der Waals surface area contributed by atoms with Crippen LogP contribution in [0.4, 0.5) is 11.4 Å². The Bertz CT molecular complexity index is 851. The third-order valence-corrected chi connectivity index (χ3v) is 3.48. The molecule has 1 aromatic heterocycles. The molecule has 25 heavy (non-hydrogen) atoms. The standard InChI is InChI=1S/C19H23N5O/c1-5-24-22-18(21-23-24)14-10-6-7-11-15(14)20-16-12-8-9-13-17(16)25-19(2,3)4/h6-13,20H,5H2,1-4H3. The second-order valence-electron chi connectivity index (χ2n) is 6.68. The van der Waals surface area contributed by atoms with Gasteiger partial charge in [-0.2, -0.15) is 4.80 Å². The fourth-order valence-corrected chi connectivity index (χ4v) is 2.41. The molecule has 0 unspecified atom stereocenters. The quantitative estimate of drug-likeness (QED) is 0.753. The first-order chi connectivity index (χ1) is 12.0. The summed E-state index contributed by atoms with van der Waals surface area (Å²) < 4.78 is 6.06. The molecule has 0 spiro atoms. The molecule has 0 aliphatic carbocycles. The molecule has 0 atom stereocenters. The highest BCUT2D eigenvalue weighted by atomic mass is 16.5. The maximum absolute atomic E-state index is 6.06. The predicted molar refractivity (Wildman–Crippen MR) is 99.0 cm³/mol. The van der Waals surface area contributed by atoms with E-state index >= 15 is 0 Å². The summed E-state index contributed by atoms with van der Waals surface area (Å²) in [5.74, 6) is 1.40. The lowest BCUT2D eigenvalue weighted by molar-refractivity contribution is 0.132. The van der Waals surface area contributed by atoms with E-state index in [1.165, 1.54) is 0 Å². The van der Waals surface area contributed by atoms with Crippen molar-refractivity contribution in [3.63, 3.8) is 0 Å². The van der Waals surface area contributed by atoms with Gasteiger partial charge in [0, 0.05) is 11.3 Å². The van der Waals surface area contributed by atoms with Crippen LogP contribution in [0.3, 0.4) is 0 Å². The molecule has 1 heterocycles. The zero-order chi connectivity index (χ0) is 17.9. The predicted octanol–water partition coefficient (Wildman–Crippen LogP) is 4.28. The molecule has 0 aliphatic rings. The monoisotopic (exact) mass is 337 g/mol. The molecule has 1 N–H and O–H groups in total. The van der Waals surface area contributed by atoms with Gasteiger partial charge in [0.15, 0.2) is 0 Å². The fourth-order valence-electron chi connectivity index (χ4n) is 2.41. The minimum atomic E-state index is -0.275. The van der Waals surface area contributed by atoms with Crippen LogP contribution >= 0.6 is 0 Å². The van der Waals surface area contributed by atoms with Gasteiger partial charge in [-0.15, -0.1) is 10.2 Å². The van der Waals surface area contributed by atoms with Crippen molar-refractivity contribution in [2.24, 2.45) is 0 Å². The van der Waals surface area contributed by atoms with Gasteiger partial charge in [0.25, 0.3) is 0 Å². The lowest BCUT2D eigenvalue weighted by atomic mass is 10.1. The van der Waals surface area contributed by atoms with Gasteiger partial charge >= 0.3 is 0 Å². The number of hydrogen-bond donors (Lipinski definition) is 1. The zero-order valence-electron chi connectivity index (χ0n) is 15.0. The second kappa shape index (κ2) is 6.93. The van der Waals surface area contributed by atoms with Gasteiger partial charge in [-0.05, 0) is 57.2 Å². The van der Waals surface area contributed by atoms with E-state index in [2.05, 4.69) is 20.7 Å². The van der Waals surface area contributed by atoms with Crippen LogP contribution in [0.1, 0.15) is 27.7 Å². The van der Waals surface area contributed by atoms with Crippen LogP contribution in [0.25, 0.3) is 11.4 Å². The Kier molecular flexibility index (Phi) is 4.70. The summed E-state index contributed by atoms with van der Waals surface area (Å²) in [5.41, 5.74) is 2.42. The van der Waals surface area contributed by atoms with Crippen molar-refractivity contribution in [1.82, 2.24) is 20.2 Å². The van der Waals surface area contributed by atoms with Crippen LogP contribution in [-0.2, 0) is 6.54 Å². The Balaban J connectivity index is 1.95. The van der Waals surface area contributed by atoms with E-state index in [1.54, 1.807) is 4.80 Å². The van der Waals surface area contributed by atoms with Crippen molar-refractivity contribution in [2.45, 2.75) is 39.8 Å². The number of hydrogen-bond acceptors (Lipinski definition) is 5. The number of tetrazole rings is 1. The van der Waals surface area contributed by atoms with Crippen LogP contribution < -0.4 is 10.1 Å². The molecule has 6 nitrogen and oxygen atoms in total. The maximum atomic E-state index is 6.06. The summed E-state index contributed by atoms with van der Waals surface area (Å²) in [6.07, 6.45) is 0. The summed E-state index contributed by atoms with van der Waals surface area (Å²) in [4.78, 5) is 1.57. The lowest BCUT2D eigenvalue weighted by Gasteiger charge is -2.23. The lowest BCUT2D eigenvalue weighted by Crippen LogP contribution is -2.23. The normalized spacial score (nSPS) is 11.4. The van der Waals surface area contributed by atoms with Gasteiger partial charge in [-0.25, -0.2) is 0 Å². The van der Waals surface area contributed by atoms with Crippen LogP contribution in [0.2, 0.25) is 0 Å². The van der Waals surface area contributed by atoms with E-state index < -0.39 is 0 Å². The maximum Gasteiger partial charge on any atom is 0.207 e. The first-order valence-electron chi connectivity index (χ1n) is 8.38. The number of nitrogens with zero attached hydrogens (tertiary/aromatic N) is 4. The third kappa shape index (κ3) is 4.15. The van der Waals surface area contributed by atoms with Gasteiger partial charge < -0.3 is 10.1 Å². The van der Waals surface area contributed by atoms with Gasteiger partial charge in [-0.3, -0.25) is 0 Å². The fraction of sp³-hybridized carbons (Fsp3) is 0.316. The highest BCUT2D eigenvalue weighted by molar-refractivity contribution is 5.79. The Hall–Kier alpha value is -2.89. The minimum Gasteiger partial charge on any atom is -0.486 e. The van der Waals surface area contributed by atoms with Crippen LogP contribution in [0, 0.1) is 0 Å². The molecular formula is C19H23N5O. The molecule has 0 bridgehead atoms. The smallest absolute Gasteiger partial charge is 0.207 e. The summed E-state index contributed by atoms with van der Waals surface area (Å²) in [6, 6.07) is 15.8. The van der Waals surface area contributed by atoms with E-state index in [0.717, 1.165) is 22.7 Å². The van der Waals surface area contributed by atoms with E-state index in [1.807, 2.05) is 76.2 Å². The number of para-hydroxylation sites is 3. The van der Waals surface area contributed by atoms with Crippen molar-refractivity contribution in [3.05, 3.63) is 48.5 Å².